The van der Waals surface area contributed by atoms with Crippen LogP contribution in [-0.2, 0) is 6.54 Å². The number of benzene rings is 1. The second-order valence-corrected chi connectivity index (χ2v) is 10.3. The Kier molecular flexibility index (Phi) is 7.93. The summed E-state index contributed by atoms with van der Waals surface area (Å²) < 4.78 is 7.47. The number of likely N-dealkylation sites (N-methyl/N-ethyl adjacent to an activating group) is 1. The first-order valence-electron chi connectivity index (χ1n) is 13.9. The minimum atomic E-state index is -0.366. The van der Waals surface area contributed by atoms with Crippen LogP contribution in [0.2, 0.25) is 0 Å². The summed E-state index contributed by atoms with van der Waals surface area (Å²) in [5.74, 6) is 0.939. The molecule has 0 unspecified atom stereocenters. The number of amides is 1. The quantitative estimate of drug-likeness (QED) is 0.215. The first-order valence-corrected chi connectivity index (χ1v) is 13.9. The molecule has 0 aliphatic heterocycles. The van der Waals surface area contributed by atoms with Crippen molar-refractivity contribution in [3.8, 4) is 28.3 Å². The number of nitrogens with one attached hydrogen (secondary N) is 2. The van der Waals surface area contributed by atoms with E-state index in [4.69, 9.17) is 20.4 Å². The minimum Gasteiger partial charge on any atom is -0.495 e. The molecule has 0 fully saturated rings. The van der Waals surface area contributed by atoms with Gasteiger partial charge in [-0.2, -0.15) is 0 Å². The lowest BCUT2D eigenvalue weighted by atomic mass is 10.1. The molecule has 6 aromatic rings. The van der Waals surface area contributed by atoms with Crippen molar-refractivity contribution in [2.75, 3.05) is 45.3 Å². The number of pyridine rings is 1. The van der Waals surface area contributed by atoms with Crippen LogP contribution in [0.15, 0.2) is 73.3 Å². The number of methoxy groups -OCH3 is 1. The predicted octanol–water partition coefficient (Wildman–Crippen LogP) is 3.29. The molecule has 0 spiro atoms. The summed E-state index contributed by atoms with van der Waals surface area (Å²) in [5.41, 5.74) is 10.9. The van der Waals surface area contributed by atoms with Gasteiger partial charge >= 0.3 is 0 Å². The second kappa shape index (κ2) is 12.3. The molecule has 222 valence electrons. The Balaban J connectivity index is 1.58. The predicted molar refractivity (Wildman–Crippen MR) is 168 cm³/mol. The maximum absolute atomic E-state index is 12.9. The molecule has 44 heavy (non-hydrogen) atoms. The maximum atomic E-state index is 12.9. The van der Waals surface area contributed by atoms with Gasteiger partial charge in [-0.1, -0.05) is 30.3 Å². The number of rotatable bonds is 10. The molecule has 0 saturated carbocycles. The van der Waals surface area contributed by atoms with Gasteiger partial charge in [0.2, 0.25) is 17.7 Å². The summed E-state index contributed by atoms with van der Waals surface area (Å²) in [5, 5.41) is 7.10. The van der Waals surface area contributed by atoms with Crippen LogP contribution in [0.5, 0.6) is 5.75 Å². The van der Waals surface area contributed by atoms with Gasteiger partial charge in [0.25, 0.3) is 5.91 Å². The SMILES string of the molecule is COc1cnc2c(c1)c(-c1ccnc(N)n1)c1c(-c3ccnc(C(=O)NCCN(C)C)n3)cnc(NCc3ccccc3)n12. The molecule has 0 aliphatic rings. The normalized spacial score (nSPS) is 11.3. The van der Waals surface area contributed by atoms with Gasteiger partial charge in [-0.25, -0.2) is 29.9 Å². The topological polar surface area (TPSA) is 161 Å². The van der Waals surface area contributed by atoms with E-state index in [0.717, 1.165) is 16.5 Å². The fourth-order valence-electron chi connectivity index (χ4n) is 4.91. The highest BCUT2D eigenvalue weighted by Crippen LogP contribution is 2.41. The molecule has 0 bridgehead atoms. The van der Waals surface area contributed by atoms with Crippen LogP contribution in [0.3, 0.4) is 0 Å². The number of nitrogens with two attached hydrogens (primary N) is 1. The van der Waals surface area contributed by atoms with Crippen LogP contribution in [0.4, 0.5) is 11.9 Å². The van der Waals surface area contributed by atoms with Crippen LogP contribution in [0, 0.1) is 0 Å². The Hall–Kier alpha value is -5.69. The van der Waals surface area contributed by atoms with Crippen molar-refractivity contribution in [1.29, 1.82) is 0 Å². The molecule has 6 rings (SSSR count). The molecule has 1 amide bonds. The number of aromatic nitrogens is 7. The van der Waals surface area contributed by atoms with Crippen molar-refractivity contribution in [1.82, 2.24) is 44.5 Å². The zero-order valence-electron chi connectivity index (χ0n) is 24.5. The first kappa shape index (κ1) is 28.4. The average Bonchev–Trinajstić information content (AvgIpc) is 3.38. The first-order chi connectivity index (χ1) is 21.4. The fourth-order valence-corrected chi connectivity index (χ4v) is 4.91. The van der Waals surface area contributed by atoms with E-state index in [9.17, 15) is 4.79 Å². The van der Waals surface area contributed by atoms with Crippen LogP contribution in [0.1, 0.15) is 16.2 Å². The van der Waals surface area contributed by atoms with Gasteiger partial charge in [-0.05, 0) is 37.9 Å². The number of hydrogen-bond acceptors (Lipinski definition) is 11. The van der Waals surface area contributed by atoms with E-state index >= 15 is 0 Å². The summed E-state index contributed by atoms with van der Waals surface area (Å²) in [7, 11) is 5.47. The van der Waals surface area contributed by atoms with Crippen LogP contribution in [0.25, 0.3) is 39.1 Å². The zero-order valence-corrected chi connectivity index (χ0v) is 24.5. The molecule has 0 saturated heterocycles. The number of carbonyl (C=O) groups is 1. The van der Waals surface area contributed by atoms with Crippen molar-refractivity contribution in [2.45, 2.75) is 6.54 Å². The smallest absolute Gasteiger partial charge is 0.289 e. The Morgan fingerprint density at radius 1 is 0.977 bits per heavy atom. The third-order valence-corrected chi connectivity index (χ3v) is 7.00. The van der Waals surface area contributed by atoms with Crippen molar-refractivity contribution < 1.29 is 9.53 Å². The monoisotopic (exact) mass is 589 g/mol. The van der Waals surface area contributed by atoms with Gasteiger partial charge in [0.05, 0.1) is 30.2 Å². The van der Waals surface area contributed by atoms with Crippen molar-refractivity contribution in [3.63, 3.8) is 0 Å². The van der Waals surface area contributed by atoms with Gasteiger partial charge in [0.1, 0.15) is 11.4 Å². The molecule has 5 aromatic heterocycles. The summed E-state index contributed by atoms with van der Waals surface area (Å²) in [6, 6.07) is 15.5. The van der Waals surface area contributed by atoms with E-state index in [1.54, 1.807) is 44.0 Å². The van der Waals surface area contributed by atoms with E-state index in [1.165, 1.54) is 0 Å². The molecule has 0 radical (unpaired) electrons. The van der Waals surface area contributed by atoms with E-state index in [2.05, 4.69) is 30.6 Å². The fraction of sp³-hybridized carbons (Fsp3) is 0.194. The van der Waals surface area contributed by atoms with Gasteiger partial charge in [-0.15, -0.1) is 0 Å². The molecular weight excluding hydrogens is 558 g/mol. The Labute approximate surface area is 253 Å². The molecule has 1 aromatic carbocycles. The molecule has 0 aliphatic carbocycles. The molecule has 5 heterocycles. The number of fused-ring (bicyclic) bond motifs is 3. The minimum absolute atomic E-state index is 0.0504. The number of nitrogen functional groups attached to an aromatic ring is 1. The highest BCUT2D eigenvalue weighted by atomic mass is 16.5. The van der Waals surface area contributed by atoms with E-state index in [1.807, 2.05) is 59.8 Å². The summed E-state index contributed by atoms with van der Waals surface area (Å²) in [6.07, 6.45) is 6.55. The maximum Gasteiger partial charge on any atom is 0.289 e. The summed E-state index contributed by atoms with van der Waals surface area (Å²) in [4.78, 5) is 42.1. The standard InChI is InChI=1S/C31H31N11O2/c1-41(2)14-13-34-29(43)27-33-11-9-23(39-27)22-18-38-31(37-16-19-7-5-4-6-8-19)42-26(22)25(24-10-12-35-30(32)40-24)21-15-20(44-3)17-36-28(21)42/h4-12,15,17-18H,13-14,16H2,1-3H3,(H,34,43)(H,37,38)(H2,32,35,40). The third-order valence-electron chi connectivity index (χ3n) is 7.00. The Morgan fingerprint density at radius 3 is 2.55 bits per heavy atom. The van der Waals surface area contributed by atoms with Gasteiger partial charge in [0.15, 0.2) is 0 Å². The van der Waals surface area contributed by atoms with E-state index in [0.29, 0.717) is 59.4 Å². The number of carbonyl (C=O) groups excluding carboxylic acids is 1. The Bertz CT molecular complexity index is 1960. The third kappa shape index (κ3) is 5.68. The van der Waals surface area contributed by atoms with Gasteiger partial charge < -0.3 is 26.0 Å². The highest BCUT2D eigenvalue weighted by Gasteiger charge is 2.24. The lowest BCUT2D eigenvalue weighted by Crippen LogP contribution is -2.32. The molecular formula is C31H31N11O2. The van der Waals surface area contributed by atoms with Crippen molar-refractivity contribution in [3.05, 3.63) is 84.7 Å². The number of hydrogen-bond donors (Lipinski definition) is 3. The number of ether oxygens (including phenoxy) is 1. The van der Waals surface area contributed by atoms with Crippen LogP contribution < -0.4 is 21.1 Å². The molecule has 4 N–H and O–H groups in total. The van der Waals surface area contributed by atoms with Gasteiger partial charge in [-0.3, -0.25) is 9.20 Å². The van der Waals surface area contributed by atoms with E-state index in [-0.39, 0.29) is 17.7 Å². The summed E-state index contributed by atoms with van der Waals surface area (Å²) in [6.45, 7) is 1.68. The van der Waals surface area contributed by atoms with Crippen molar-refractivity contribution >= 4 is 34.4 Å². The highest BCUT2D eigenvalue weighted by molar-refractivity contribution is 6.09. The lowest BCUT2D eigenvalue weighted by Gasteiger charge is -2.13. The number of nitrogens with zero attached hydrogens (tertiary/aromatic N) is 8. The van der Waals surface area contributed by atoms with Crippen molar-refractivity contribution in [2.24, 2.45) is 0 Å². The molecule has 0 atom stereocenters. The average molecular weight is 590 g/mol. The Morgan fingerprint density at radius 2 is 1.77 bits per heavy atom. The largest absolute Gasteiger partial charge is 0.495 e. The zero-order chi connectivity index (χ0) is 30.6. The molecule has 13 heteroatoms. The second-order valence-electron chi connectivity index (χ2n) is 10.3. The molecule has 13 nitrogen and oxygen atoms in total. The number of anilines is 2. The van der Waals surface area contributed by atoms with Gasteiger partial charge in [0, 0.05) is 54.7 Å². The van der Waals surface area contributed by atoms with E-state index < -0.39 is 0 Å². The van der Waals surface area contributed by atoms with Crippen LogP contribution >= 0.6 is 0 Å². The van der Waals surface area contributed by atoms with Crippen LogP contribution in [-0.4, -0.2) is 79.4 Å². The summed E-state index contributed by atoms with van der Waals surface area (Å²) >= 11 is 0. The lowest BCUT2D eigenvalue weighted by molar-refractivity contribution is 0.0940.